The number of allylic oxidation sites excluding steroid dienone is 1. The maximum absolute atomic E-state index is 11.2. The zero-order chi connectivity index (χ0) is 8.69. The average Bonchev–Trinajstić information content (AvgIpc) is 2.00. The van der Waals surface area contributed by atoms with Crippen molar-refractivity contribution < 1.29 is 4.79 Å². The molecule has 0 amide bonds. The van der Waals surface area contributed by atoms with Crippen LogP contribution in [0.2, 0.25) is 0 Å². The van der Waals surface area contributed by atoms with E-state index in [0.717, 1.165) is 18.4 Å². The maximum Gasteiger partial charge on any atom is 0.160 e. The highest BCUT2D eigenvalue weighted by molar-refractivity contribution is 5.94. The molecular weight excluding hydrogens is 138 g/mol. The van der Waals surface area contributed by atoms with Gasteiger partial charge in [0.1, 0.15) is 0 Å². The van der Waals surface area contributed by atoms with Crippen LogP contribution in [0.15, 0.2) is 11.8 Å². The SMILES string of the molecule is CCCCC(=O)C(C)=CNC. The fourth-order valence-corrected chi connectivity index (χ4v) is 0.832. The van der Waals surface area contributed by atoms with Gasteiger partial charge in [-0.15, -0.1) is 0 Å². The molecule has 2 nitrogen and oxygen atoms in total. The van der Waals surface area contributed by atoms with Crippen LogP contribution in [0.3, 0.4) is 0 Å². The Balaban J connectivity index is 3.73. The second-order valence-corrected chi connectivity index (χ2v) is 2.64. The number of hydrogen-bond acceptors (Lipinski definition) is 2. The van der Waals surface area contributed by atoms with Crippen molar-refractivity contribution in [3.8, 4) is 0 Å². The zero-order valence-electron chi connectivity index (χ0n) is 7.61. The third-order valence-electron chi connectivity index (χ3n) is 1.56. The Bertz CT molecular complexity index is 150. The van der Waals surface area contributed by atoms with Crippen LogP contribution in [0.25, 0.3) is 0 Å². The molecule has 2 heteroatoms. The van der Waals surface area contributed by atoms with Crippen molar-refractivity contribution in [1.29, 1.82) is 0 Å². The number of Topliss-reactive ketones (excluding diaryl/α,β-unsaturated/α-hetero) is 1. The number of unbranched alkanes of at least 4 members (excludes halogenated alkanes) is 1. The summed E-state index contributed by atoms with van der Waals surface area (Å²) in [4.78, 5) is 11.2. The summed E-state index contributed by atoms with van der Waals surface area (Å²) in [5.41, 5.74) is 0.820. The minimum Gasteiger partial charge on any atom is -0.394 e. The summed E-state index contributed by atoms with van der Waals surface area (Å²) in [5, 5.41) is 2.84. The summed E-state index contributed by atoms with van der Waals surface area (Å²) in [7, 11) is 1.80. The van der Waals surface area contributed by atoms with Gasteiger partial charge in [0.25, 0.3) is 0 Å². The highest BCUT2D eigenvalue weighted by Crippen LogP contribution is 2.02. The summed E-state index contributed by atoms with van der Waals surface area (Å²) in [6, 6.07) is 0. The van der Waals surface area contributed by atoms with E-state index in [1.165, 1.54) is 0 Å². The van der Waals surface area contributed by atoms with E-state index in [0.29, 0.717) is 6.42 Å². The molecule has 0 spiro atoms. The van der Waals surface area contributed by atoms with Gasteiger partial charge >= 0.3 is 0 Å². The van der Waals surface area contributed by atoms with Crippen molar-refractivity contribution in [2.24, 2.45) is 0 Å². The predicted octanol–water partition coefficient (Wildman–Crippen LogP) is 1.87. The molecule has 0 aromatic heterocycles. The molecule has 64 valence electrons. The lowest BCUT2D eigenvalue weighted by atomic mass is 10.1. The fourth-order valence-electron chi connectivity index (χ4n) is 0.832. The van der Waals surface area contributed by atoms with Gasteiger partial charge in [0.05, 0.1) is 0 Å². The molecule has 0 aliphatic rings. The van der Waals surface area contributed by atoms with Crippen molar-refractivity contribution in [2.45, 2.75) is 33.1 Å². The molecule has 0 aromatic carbocycles. The van der Waals surface area contributed by atoms with Gasteiger partial charge in [-0.05, 0) is 13.3 Å². The van der Waals surface area contributed by atoms with Crippen molar-refractivity contribution in [3.05, 3.63) is 11.8 Å². The van der Waals surface area contributed by atoms with E-state index in [1.807, 2.05) is 6.92 Å². The Labute approximate surface area is 68.7 Å². The standard InChI is InChI=1S/C9H17NO/c1-4-5-6-9(11)8(2)7-10-3/h7,10H,4-6H2,1-3H3. The van der Waals surface area contributed by atoms with Crippen LogP contribution < -0.4 is 5.32 Å². The van der Waals surface area contributed by atoms with Gasteiger partial charge in [-0.2, -0.15) is 0 Å². The second kappa shape index (κ2) is 5.96. The van der Waals surface area contributed by atoms with E-state index in [-0.39, 0.29) is 5.78 Å². The number of hydrogen-bond donors (Lipinski definition) is 1. The molecule has 0 aromatic rings. The number of rotatable bonds is 5. The Morgan fingerprint density at radius 2 is 2.18 bits per heavy atom. The zero-order valence-corrected chi connectivity index (χ0v) is 7.61. The fraction of sp³-hybridized carbons (Fsp3) is 0.667. The summed E-state index contributed by atoms with van der Waals surface area (Å²) in [6.45, 7) is 3.93. The third-order valence-corrected chi connectivity index (χ3v) is 1.56. The molecule has 0 bridgehead atoms. The number of carbonyl (C=O) groups is 1. The molecule has 0 atom stereocenters. The Hall–Kier alpha value is -0.790. The lowest BCUT2D eigenvalue weighted by Crippen LogP contribution is -2.03. The Kier molecular flexibility index (Phi) is 5.53. The number of nitrogens with one attached hydrogen (secondary N) is 1. The molecule has 11 heavy (non-hydrogen) atoms. The minimum atomic E-state index is 0.251. The quantitative estimate of drug-likeness (QED) is 0.614. The lowest BCUT2D eigenvalue weighted by Gasteiger charge is -1.98. The largest absolute Gasteiger partial charge is 0.394 e. The van der Waals surface area contributed by atoms with Gasteiger partial charge in [0.15, 0.2) is 5.78 Å². The maximum atomic E-state index is 11.2. The van der Waals surface area contributed by atoms with Gasteiger partial charge in [0, 0.05) is 25.2 Å². The van der Waals surface area contributed by atoms with Gasteiger partial charge in [-0.25, -0.2) is 0 Å². The first-order chi connectivity index (χ1) is 5.22. The highest BCUT2D eigenvalue weighted by Gasteiger charge is 2.01. The van der Waals surface area contributed by atoms with Crippen LogP contribution in [0, 0.1) is 0 Å². The van der Waals surface area contributed by atoms with Crippen LogP contribution in [0.4, 0.5) is 0 Å². The van der Waals surface area contributed by atoms with E-state index < -0.39 is 0 Å². The normalized spacial score (nSPS) is 11.4. The monoisotopic (exact) mass is 155 g/mol. The van der Waals surface area contributed by atoms with Gasteiger partial charge in [-0.1, -0.05) is 13.3 Å². The minimum absolute atomic E-state index is 0.251. The van der Waals surface area contributed by atoms with Crippen LogP contribution in [0.5, 0.6) is 0 Å². The molecule has 0 aliphatic heterocycles. The molecule has 0 saturated heterocycles. The number of ketones is 1. The van der Waals surface area contributed by atoms with E-state index in [1.54, 1.807) is 13.2 Å². The first-order valence-electron chi connectivity index (χ1n) is 4.09. The lowest BCUT2D eigenvalue weighted by molar-refractivity contribution is -0.115. The Morgan fingerprint density at radius 1 is 1.55 bits per heavy atom. The molecule has 1 N–H and O–H groups in total. The van der Waals surface area contributed by atoms with Crippen LogP contribution in [-0.4, -0.2) is 12.8 Å². The molecule has 0 fully saturated rings. The number of carbonyl (C=O) groups excluding carboxylic acids is 1. The predicted molar refractivity (Wildman–Crippen MR) is 47.3 cm³/mol. The van der Waals surface area contributed by atoms with Crippen molar-refractivity contribution in [2.75, 3.05) is 7.05 Å². The smallest absolute Gasteiger partial charge is 0.160 e. The topological polar surface area (TPSA) is 29.1 Å². The first kappa shape index (κ1) is 10.2. The molecular formula is C9H17NO. The van der Waals surface area contributed by atoms with Crippen molar-refractivity contribution in [1.82, 2.24) is 5.32 Å². The molecule has 0 rings (SSSR count). The van der Waals surface area contributed by atoms with Gasteiger partial charge in [0.2, 0.25) is 0 Å². The highest BCUT2D eigenvalue weighted by atomic mass is 16.1. The van der Waals surface area contributed by atoms with Crippen molar-refractivity contribution in [3.63, 3.8) is 0 Å². The van der Waals surface area contributed by atoms with E-state index >= 15 is 0 Å². The van der Waals surface area contributed by atoms with E-state index in [2.05, 4.69) is 12.2 Å². The molecule has 0 radical (unpaired) electrons. The first-order valence-corrected chi connectivity index (χ1v) is 4.09. The Morgan fingerprint density at radius 3 is 2.64 bits per heavy atom. The molecule has 0 unspecified atom stereocenters. The van der Waals surface area contributed by atoms with Crippen LogP contribution >= 0.6 is 0 Å². The summed E-state index contributed by atoms with van der Waals surface area (Å²) in [6.07, 6.45) is 4.50. The van der Waals surface area contributed by atoms with Crippen LogP contribution in [-0.2, 0) is 4.79 Å². The third kappa shape index (κ3) is 4.59. The van der Waals surface area contributed by atoms with Gasteiger partial charge < -0.3 is 5.32 Å². The average molecular weight is 155 g/mol. The van der Waals surface area contributed by atoms with E-state index in [9.17, 15) is 4.79 Å². The van der Waals surface area contributed by atoms with Crippen molar-refractivity contribution >= 4 is 5.78 Å². The molecule has 0 heterocycles. The molecule has 0 saturated carbocycles. The summed E-state index contributed by atoms with van der Waals surface area (Å²) in [5.74, 6) is 0.251. The summed E-state index contributed by atoms with van der Waals surface area (Å²) < 4.78 is 0. The second-order valence-electron chi connectivity index (χ2n) is 2.64. The van der Waals surface area contributed by atoms with E-state index in [4.69, 9.17) is 0 Å². The van der Waals surface area contributed by atoms with Crippen LogP contribution in [0.1, 0.15) is 33.1 Å². The molecule has 0 aliphatic carbocycles. The summed E-state index contributed by atoms with van der Waals surface area (Å²) >= 11 is 0. The van der Waals surface area contributed by atoms with Gasteiger partial charge in [-0.3, -0.25) is 4.79 Å².